The number of carbonyl (C=O) groups is 1. The van der Waals surface area contributed by atoms with Crippen LogP contribution in [0.3, 0.4) is 0 Å². The van der Waals surface area contributed by atoms with Crippen molar-refractivity contribution in [2.45, 2.75) is 39.0 Å². The SMILES string of the molecule is Cc1ccccc1C(Cc1ccc(C(C)C)cc1)C(=O)O. The maximum Gasteiger partial charge on any atom is 0.311 e. The zero-order valence-corrected chi connectivity index (χ0v) is 12.8. The van der Waals surface area contributed by atoms with Crippen molar-refractivity contribution in [2.75, 3.05) is 0 Å². The van der Waals surface area contributed by atoms with Crippen molar-refractivity contribution in [3.05, 3.63) is 70.8 Å². The topological polar surface area (TPSA) is 37.3 Å². The molecule has 0 saturated heterocycles. The Labute approximate surface area is 126 Å². The minimum Gasteiger partial charge on any atom is -0.481 e. The van der Waals surface area contributed by atoms with E-state index in [0.717, 1.165) is 16.7 Å². The number of carboxylic acids is 1. The fourth-order valence-corrected chi connectivity index (χ4v) is 2.58. The molecule has 0 radical (unpaired) electrons. The standard InChI is InChI=1S/C19H22O2/c1-13(2)16-10-8-15(9-11-16)12-18(19(20)21)17-7-5-4-6-14(17)3/h4-11,13,18H,12H2,1-3H3,(H,20,21). The molecule has 0 bridgehead atoms. The van der Waals surface area contributed by atoms with Gasteiger partial charge in [-0.05, 0) is 41.5 Å². The molecule has 2 nitrogen and oxygen atoms in total. The Bertz CT molecular complexity index is 612. The van der Waals surface area contributed by atoms with Gasteiger partial charge in [0.15, 0.2) is 0 Å². The maximum atomic E-state index is 11.6. The van der Waals surface area contributed by atoms with Gasteiger partial charge < -0.3 is 5.11 Å². The smallest absolute Gasteiger partial charge is 0.311 e. The molecule has 0 amide bonds. The lowest BCUT2D eigenvalue weighted by Gasteiger charge is -2.16. The highest BCUT2D eigenvalue weighted by molar-refractivity contribution is 5.77. The van der Waals surface area contributed by atoms with E-state index in [2.05, 4.69) is 26.0 Å². The molecule has 21 heavy (non-hydrogen) atoms. The molecule has 0 saturated carbocycles. The lowest BCUT2D eigenvalue weighted by atomic mass is 9.88. The van der Waals surface area contributed by atoms with E-state index < -0.39 is 11.9 Å². The monoisotopic (exact) mass is 282 g/mol. The van der Waals surface area contributed by atoms with Crippen LogP contribution in [0.5, 0.6) is 0 Å². The van der Waals surface area contributed by atoms with Gasteiger partial charge >= 0.3 is 5.97 Å². The minimum absolute atomic E-state index is 0.490. The van der Waals surface area contributed by atoms with Crippen molar-refractivity contribution in [3.8, 4) is 0 Å². The molecule has 0 aliphatic carbocycles. The van der Waals surface area contributed by atoms with Gasteiger partial charge in [-0.3, -0.25) is 4.79 Å². The Morgan fingerprint density at radius 2 is 1.67 bits per heavy atom. The molecule has 2 heteroatoms. The fourth-order valence-electron chi connectivity index (χ4n) is 2.58. The number of aryl methyl sites for hydroxylation is 1. The molecular weight excluding hydrogens is 260 g/mol. The second-order valence-corrected chi connectivity index (χ2v) is 5.85. The van der Waals surface area contributed by atoms with Crippen LogP contribution in [0.4, 0.5) is 0 Å². The third kappa shape index (κ3) is 3.72. The summed E-state index contributed by atoms with van der Waals surface area (Å²) in [6.45, 7) is 6.28. The Morgan fingerprint density at radius 3 is 2.19 bits per heavy atom. The van der Waals surface area contributed by atoms with Gasteiger partial charge in [0, 0.05) is 0 Å². The third-order valence-electron chi connectivity index (χ3n) is 3.95. The largest absolute Gasteiger partial charge is 0.481 e. The van der Waals surface area contributed by atoms with Crippen molar-refractivity contribution in [2.24, 2.45) is 0 Å². The molecule has 110 valence electrons. The van der Waals surface area contributed by atoms with Crippen molar-refractivity contribution >= 4 is 5.97 Å². The highest BCUT2D eigenvalue weighted by atomic mass is 16.4. The van der Waals surface area contributed by atoms with E-state index in [-0.39, 0.29) is 0 Å². The van der Waals surface area contributed by atoms with Crippen LogP contribution in [0, 0.1) is 6.92 Å². The van der Waals surface area contributed by atoms with Gasteiger partial charge in [-0.2, -0.15) is 0 Å². The molecule has 0 spiro atoms. The van der Waals surface area contributed by atoms with Crippen molar-refractivity contribution in [1.82, 2.24) is 0 Å². The molecule has 1 N–H and O–H groups in total. The Kier molecular flexibility index (Phi) is 4.79. The quantitative estimate of drug-likeness (QED) is 0.874. The predicted molar refractivity (Wildman–Crippen MR) is 85.8 cm³/mol. The zero-order valence-electron chi connectivity index (χ0n) is 12.8. The molecular formula is C19H22O2. The second kappa shape index (κ2) is 6.57. The average Bonchev–Trinajstić information content (AvgIpc) is 2.46. The molecule has 2 rings (SSSR count). The van der Waals surface area contributed by atoms with Crippen LogP contribution in [-0.4, -0.2) is 11.1 Å². The van der Waals surface area contributed by atoms with E-state index in [4.69, 9.17) is 0 Å². The Hall–Kier alpha value is -2.09. The van der Waals surface area contributed by atoms with E-state index in [1.165, 1.54) is 5.56 Å². The number of carboxylic acid groups (broad SMARTS) is 1. The number of hydrogen-bond donors (Lipinski definition) is 1. The summed E-state index contributed by atoms with van der Waals surface area (Å²) in [4.78, 5) is 11.6. The van der Waals surface area contributed by atoms with Crippen LogP contribution in [0.15, 0.2) is 48.5 Å². The van der Waals surface area contributed by atoms with Crippen molar-refractivity contribution in [3.63, 3.8) is 0 Å². The molecule has 2 aromatic rings. The number of rotatable bonds is 5. The summed E-state index contributed by atoms with van der Waals surface area (Å²) >= 11 is 0. The van der Waals surface area contributed by atoms with Gasteiger partial charge in [-0.1, -0.05) is 62.4 Å². The first-order valence-electron chi connectivity index (χ1n) is 7.36. The molecule has 0 aliphatic rings. The van der Waals surface area contributed by atoms with Crippen molar-refractivity contribution in [1.29, 1.82) is 0 Å². The van der Waals surface area contributed by atoms with Gasteiger partial charge in [-0.25, -0.2) is 0 Å². The van der Waals surface area contributed by atoms with E-state index in [9.17, 15) is 9.90 Å². The van der Waals surface area contributed by atoms with Gasteiger partial charge in [0.25, 0.3) is 0 Å². The zero-order chi connectivity index (χ0) is 15.4. The summed E-state index contributed by atoms with van der Waals surface area (Å²) < 4.78 is 0. The molecule has 2 aromatic carbocycles. The van der Waals surface area contributed by atoms with Gasteiger partial charge in [0.2, 0.25) is 0 Å². The second-order valence-electron chi connectivity index (χ2n) is 5.85. The first-order chi connectivity index (χ1) is 9.99. The number of aliphatic carboxylic acids is 1. The first kappa shape index (κ1) is 15.3. The van der Waals surface area contributed by atoms with Gasteiger partial charge in [-0.15, -0.1) is 0 Å². The summed E-state index contributed by atoms with van der Waals surface area (Å²) in [6.07, 6.45) is 0.526. The van der Waals surface area contributed by atoms with Crippen LogP contribution >= 0.6 is 0 Å². The van der Waals surface area contributed by atoms with Crippen LogP contribution in [0.2, 0.25) is 0 Å². The van der Waals surface area contributed by atoms with E-state index >= 15 is 0 Å². The highest BCUT2D eigenvalue weighted by Gasteiger charge is 2.21. The van der Waals surface area contributed by atoms with E-state index in [0.29, 0.717) is 12.3 Å². The lowest BCUT2D eigenvalue weighted by molar-refractivity contribution is -0.138. The normalized spacial score (nSPS) is 12.4. The molecule has 0 aliphatic heterocycles. The van der Waals surface area contributed by atoms with Gasteiger partial charge in [0.1, 0.15) is 0 Å². The van der Waals surface area contributed by atoms with Crippen LogP contribution in [0.25, 0.3) is 0 Å². The van der Waals surface area contributed by atoms with E-state index in [1.54, 1.807) is 0 Å². The predicted octanol–water partition coefficient (Wildman–Crippen LogP) is 4.53. The summed E-state index contributed by atoms with van der Waals surface area (Å²) in [5.41, 5.74) is 4.28. The Morgan fingerprint density at radius 1 is 1.05 bits per heavy atom. The minimum atomic E-state index is -0.766. The Balaban J connectivity index is 2.25. The summed E-state index contributed by atoms with van der Waals surface area (Å²) in [7, 11) is 0. The lowest BCUT2D eigenvalue weighted by Crippen LogP contribution is -2.15. The van der Waals surface area contributed by atoms with Crippen LogP contribution in [0.1, 0.15) is 47.9 Å². The van der Waals surface area contributed by atoms with Crippen LogP contribution < -0.4 is 0 Å². The number of benzene rings is 2. The molecule has 1 atom stereocenters. The highest BCUT2D eigenvalue weighted by Crippen LogP contribution is 2.25. The summed E-state index contributed by atoms with van der Waals surface area (Å²) in [6, 6.07) is 16.0. The number of hydrogen-bond acceptors (Lipinski definition) is 1. The van der Waals surface area contributed by atoms with Gasteiger partial charge in [0.05, 0.1) is 5.92 Å². The first-order valence-corrected chi connectivity index (χ1v) is 7.36. The summed E-state index contributed by atoms with van der Waals surface area (Å²) in [5.74, 6) is -0.765. The molecule has 0 fully saturated rings. The average molecular weight is 282 g/mol. The summed E-state index contributed by atoms with van der Waals surface area (Å²) in [5, 5.41) is 9.56. The van der Waals surface area contributed by atoms with Crippen LogP contribution in [-0.2, 0) is 11.2 Å². The molecule has 1 unspecified atom stereocenters. The van der Waals surface area contributed by atoms with E-state index in [1.807, 2.05) is 43.3 Å². The van der Waals surface area contributed by atoms with Crippen molar-refractivity contribution < 1.29 is 9.90 Å². The molecule has 0 aromatic heterocycles. The maximum absolute atomic E-state index is 11.6. The fraction of sp³-hybridized carbons (Fsp3) is 0.316. The third-order valence-corrected chi connectivity index (χ3v) is 3.95. The molecule has 0 heterocycles.